The molecule has 0 saturated carbocycles. The molecule has 0 aliphatic rings. The van der Waals surface area contributed by atoms with E-state index in [1.807, 2.05) is 31.2 Å². The molecule has 0 aliphatic carbocycles. The van der Waals surface area contributed by atoms with Gasteiger partial charge in [-0.25, -0.2) is 10.8 Å². The molecular formula is C14H24N4O2. The van der Waals surface area contributed by atoms with Gasteiger partial charge in [0.05, 0.1) is 19.3 Å². The normalized spacial score (nSPS) is 13.1. The Morgan fingerprint density at radius 1 is 1.30 bits per heavy atom. The van der Waals surface area contributed by atoms with Gasteiger partial charge in [-0.3, -0.25) is 5.43 Å². The molecule has 0 radical (unpaired) electrons. The second-order valence-corrected chi connectivity index (χ2v) is 4.45. The van der Waals surface area contributed by atoms with Crippen molar-refractivity contribution in [3.8, 4) is 0 Å². The zero-order valence-corrected chi connectivity index (χ0v) is 12.3. The quantitative estimate of drug-likeness (QED) is 0.302. The molecule has 0 fully saturated rings. The van der Waals surface area contributed by atoms with Crippen molar-refractivity contribution in [2.24, 2.45) is 10.8 Å². The maximum absolute atomic E-state index is 5.51. The highest BCUT2D eigenvalue weighted by Gasteiger charge is 2.06. The Bertz CT molecular complexity index is 423. The number of para-hydroxylation sites is 1. The number of nitrogens with zero attached hydrogens (tertiary/aromatic N) is 1. The predicted molar refractivity (Wildman–Crippen MR) is 81.7 cm³/mol. The maximum atomic E-state index is 5.51. The number of rotatable bonds is 7. The average molecular weight is 280 g/mol. The Morgan fingerprint density at radius 2 is 2.05 bits per heavy atom. The average Bonchev–Trinajstić information content (AvgIpc) is 2.45. The van der Waals surface area contributed by atoms with Gasteiger partial charge in [0, 0.05) is 19.9 Å². The van der Waals surface area contributed by atoms with E-state index in [4.69, 9.17) is 15.3 Å². The lowest BCUT2D eigenvalue weighted by Crippen LogP contribution is -2.37. The van der Waals surface area contributed by atoms with E-state index in [9.17, 15) is 0 Å². The lowest BCUT2D eigenvalue weighted by Gasteiger charge is -2.15. The highest BCUT2D eigenvalue weighted by Crippen LogP contribution is 2.15. The van der Waals surface area contributed by atoms with E-state index in [0.717, 1.165) is 17.7 Å². The lowest BCUT2D eigenvalue weighted by molar-refractivity contribution is 0.185. The topological polar surface area (TPSA) is 80.9 Å². The minimum absolute atomic E-state index is 0.0182. The largest absolute Gasteiger partial charge is 0.384 e. The Morgan fingerprint density at radius 3 is 2.70 bits per heavy atom. The second kappa shape index (κ2) is 9.30. The van der Waals surface area contributed by atoms with E-state index in [-0.39, 0.29) is 6.04 Å². The van der Waals surface area contributed by atoms with E-state index in [2.05, 4.69) is 15.7 Å². The molecule has 4 N–H and O–H groups in total. The van der Waals surface area contributed by atoms with Crippen LogP contribution in [0.1, 0.15) is 12.5 Å². The number of hydrogen-bond acceptors (Lipinski definition) is 4. The number of benzene rings is 1. The summed E-state index contributed by atoms with van der Waals surface area (Å²) in [6.07, 6.45) is 0.825. The van der Waals surface area contributed by atoms with Crippen molar-refractivity contribution in [3.05, 3.63) is 29.8 Å². The fraction of sp³-hybridized carbons (Fsp3) is 0.500. The number of nitrogens with two attached hydrogens (primary N) is 1. The highest BCUT2D eigenvalue weighted by molar-refractivity contribution is 5.94. The predicted octanol–water partition coefficient (Wildman–Crippen LogP) is 1.14. The number of hydrazine groups is 1. The standard InChI is InChI=1S/C14H24N4O2/c1-11(10-20-3)16-14(18-15)17-13-7-5-4-6-12(13)8-9-19-2/h4-7,11H,8-10,15H2,1-3H3,(H2,16,17,18). The van der Waals surface area contributed by atoms with E-state index in [0.29, 0.717) is 19.2 Å². The molecule has 0 aromatic heterocycles. The number of hydrogen-bond donors (Lipinski definition) is 3. The van der Waals surface area contributed by atoms with Crippen molar-refractivity contribution in [2.75, 3.05) is 32.8 Å². The lowest BCUT2D eigenvalue weighted by atomic mass is 10.1. The highest BCUT2D eigenvalue weighted by atomic mass is 16.5. The molecular weight excluding hydrogens is 256 g/mol. The number of methoxy groups -OCH3 is 2. The number of guanidine groups is 1. The smallest absolute Gasteiger partial charge is 0.210 e. The van der Waals surface area contributed by atoms with Crippen LogP contribution in [0, 0.1) is 0 Å². The van der Waals surface area contributed by atoms with Crippen LogP contribution >= 0.6 is 0 Å². The summed E-state index contributed by atoms with van der Waals surface area (Å²) in [5, 5.41) is 3.20. The van der Waals surface area contributed by atoms with Gasteiger partial charge in [0.2, 0.25) is 5.96 Å². The van der Waals surface area contributed by atoms with Crippen LogP contribution in [0.4, 0.5) is 5.69 Å². The molecule has 0 saturated heterocycles. The molecule has 20 heavy (non-hydrogen) atoms. The molecule has 6 nitrogen and oxygen atoms in total. The fourth-order valence-corrected chi connectivity index (χ4v) is 1.80. The summed E-state index contributed by atoms with van der Waals surface area (Å²) in [4.78, 5) is 4.41. The van der Waals surface area contributed by atoms with Gasteiger partial charge in [0.15, 0.2) is 0 Å². The number of ether oxygens (including phenoxy) is 2. The Balaban J connectivity index is 2.78. The van der Waals surface area contributed by atoms with Gasteiger partial charge in [-0.2, -0.15) is 0 Å². The van der Waals surface area contributed by atoms with E-state index < -0.39 is 0 Å². The van der Waals surface area contributed by atoms with Gasteiger partial charge in [0.1, 0.15) is 0 Å². The van der Waals surface area contributed by atoms with E-state index in [1.165, 1.54) is 0 Å². The molecule has 1 rings (SSSR count). The molecule has 0 heterocycles. The Hall–Kier alpha value is -1.63. The van der Waals surface area contributed by atoms with Crippen LogP contribution in [0.2, 0.25) is 0 Å². The Kier molecular flexibility index (Phi) is 7.64. The van der Waals surface area contributed by atoms with Gasteiger partial charge >= 0.3 is 0 Å². The van der Waals surface area contributed by atoms with Crippen LogP contribution in [-0.4, -0.2) is 39.4 Å². The molecule has 1 atom stereocenters. The molecule has 6 heteroatoms. The molecule has 0 bridgehead atoms. The first-order valence-electron chi connectivity index (χ1n) is 6.58. The third-order valence-electron chi connectivity index (χ3n) is 2.74. The van der Waals surface area contributed by atoms with Crippen molar-refractivity contribution < 1.29 is 9.47 Å². The van der Waals surface area contributed by atoms with Crippen molar-refractivity contribution in [2.45, 2.75) is 19.4 Å². The van der Waals surface area contributed by atoms with Crippen molar-refractivity contribution >= 4 is 11.6 Å². The number of aliphatic imine (C=N–C) groups is 1. The summed E-state index contributed by atoms with van der Waals surface area (Å²) < 4.78 is 10.2. The molecule has 1 aromatic carbocycles. The van der Waals surface area contributed by atoms with Gasteiger partial charge in [-0.15, -0.1) is 0 Å². The molecule has 1 unspecified atom stereocenters. The van der Waals surface area contributed by atoms with Crippen molar-refractivity contribution in [3.63, 3.8) is 0 Å². The Labute approximate surface area is 120 Å². The summed E-state index contributed by atoms with van der Waals surface area (Å²) in [6.45, 7) is 3.17. The van der Waals surface area contributed by atoms with Gasteiger partial charge < -0.3 is 14.8 Å². The van der Waals surface area contributed by atoms with Crippen LogP contribution in [0.15, 0.2) is 29.3 Å². The fourth-order valence-electron chi connectivity index (χ4n) is 1.80. The first kappa shape index (κ1) is 16.4. The first-order valence-corrected chi connectivity index (χ1v) is 6.58. The van der Waals surface area contributed by atoms with Gasteiger partial charge in [-0.05, 0) is 25.0 Å². The van der Waals surface area contributed by atoms with E-state index >= 15 is 0 Å². The zero-order valence-electron chi connectivity index (χ0n) is 12.3. The summed E-state index contributed by atoms with van der Waals surface area (Å²) in [5.74, 6) is 6.02. The monoisotopic (exact) mass is 280 g/mol. The second-order valence-electron chi connectivity index (χ2n) is 4.45. The molecule has 1 aromatic rings. The summed E-state index contributed by atoms with van der Waals surface area (Å²) in [7, 11) is 3.34. The third-order valence-corrected chi connectivity index (χ3v) is 2.74. The summed E-state index contributed by atoms with van der Waals surface area (Å²) >= 11 is 0. The minimum Gasteiger partial charge on any atom is -0.384 e. The van der Waals surface area contributed by atoms with Crippen LogP contribution in [-0.2, 0) is 15.9 Å². The SMILES string of the molecule is COCCc1ccccc1NC(=NC(C)COC)NN. The van der Waals surface area contributed by atoms with Crippen molar-refractivity contribution in [1.29, 1.82) is 0 Å². The number of anilines is 1. The minimum atomic E-state index is 0.0182. The zero-order chi connectivity index (χ0) is 14.8. The van der Waals surface area contributed by atoms with Gasteiger partial charge in [-0.1, -0.05) is 18.2 Å². The maximum Gasteiger partial charge on any atom is 0.210 e. The third kappa shape index (κ3) is 5.56. The molecule has 0 amide bonds. The first-order chi connectivity index (χ1) is 9.71. The molecule has 112 valence electrons. The molecule has 0 aliphatic heterocycles. The van der Waals surface area contributed by atoms with Crippen LogP contribution in [0.5, 0.6) is 0 Å². The molecule has 0 spiro atoms. The van der Waals surface area contributed by atoms with Crippen LogP contribution in [0.25, 0.3) is 0 Å². The van der Waals surface area contributed by atoms with Gasteiger partial charge in [0.25, 0.3) is 0 Å². The number of nitrogens with one attached hydrogen (secondary N) is 2. The van der Waals surface area contributed by atoms with Crippen LogP contribution in [0.3, 0.4) is 0 Å². The van der Waals surface area contributed by atoms with Crippen LogP contribution < -0.4 is 16.6 Å². The van der Waals surface area contributed by atoms with E-state index in [1.54, 1.807) is 14.2 Å². The summed E-state index contributed by atoms with van der Waals surface area (Å²) in [5.41, 5.74) is 4.69. The van der Waals surface area contributed by atoms with Crippen molar-refractivity contribution in [1.82, 2.24) is 5.43 Å². The summed E-state index contributed by atoms with van der Waals surface area (Å²) in [6, 6.07) is 8.01.